The molecule has 4 rings (SSSR count). The molecule has 1 saturated heterocycles. The Hall–Kier alpha value is -3.45. The zero-order valence-electron chi connectivity index (χ0n) is 17.9. The van der Waals surface area contributed by atoms with Crippen molar-refractivity contribution in [3.05, 3.63) is 67.0 Å². The quantitative estimate of drug-likeness (QED) is 0.615. The number of aromatic nitrogens is 2. The molecule has 2 heterocycles. The van der Waals surface area contributed by atoms with Gasteiger partial charge < -0.3 is 14.5 Å². The van der Waals surface area contributed by atoms with Gasteiger partial charge in [-0.3, -0.25) is 9.69 Å². The molecule has 3 aromatic rings. The molecule has 31 heavy (non-hydrogen) atoms. The Balaban J connectivity index is 1.37. The van der Waals surface area contributed by atoms with Crippen molar-refractivity contribution >= 4 is 17.4 Å². The maximum atomic E-state index is 12.7. The highest BCUT2D eigenvalue weighted by atomic mass is 16.5. The van der Waals surface area contributed by atoms with Crippen LogP contribution in [0.25, 0.3) is 11.3 Å². The number of carbonyl (C=O) groups excluding carboxylic acids is 1. The average molecular weight is 418 g/mol. The molecule has 1 fully saturated rings. The van der Waals surface area contributed by atoms with E-state index in [2.05, 4.69) is 19.8 Å². The lowest BCUT2D eigenvalue weighted by atomic mass is 10.1. The van der Waals surface area contributed by atoms with Crippen LogP contribution in [0.2, 0.25) is 0 Å². The average Bonchev–Trinajstić information content (AvgIpc) is 2.84. The fraction of sp³-hybridized carbons (Fsp3) is 0.292. The number of methoxy groups -OCH3 is 1. The second-order valence-electron chi connectivity index (χ2n) is 7.51. The van der Waals surface area contributed by atoms with Gasteiger partial charge in [-0.2, -0.15) is 0 Å². The number of benzene rings is 2. The zero-order chi connectivity index (χ0) is 21.6. The number of ether oxygens (including phenoxy) is 1. The lowest BCUT2D eigenvalue weighted by molar-refractivity contribution is -0.119. The predicted octanol–water partition coefficient (Wildman–Crippen LogP) is 2.94. The molecule has 0 saturated carbocycles. The molecule has 7 heteroatoms. The number of rotatable bonds is 6. The van der Waals surface area contributed by atoms with Gasteiger partial charge in [0.15, 0.2) is 0 Å². The highest BCUT2D eigenvalue weighted by Crippen LogP contribution is 2.29. The molecule has 0 bridgehead atoms. The largest absolute Gasteiger partial charge is 0.496 e. The van der Waals surface area contributed by atoms with Gasteiger partial charge in [0, 0.05) is 50.5 Å². The minimum atomic E-state index is 0.0974. The first-order valence-corrected chi connectivity index (χ1v) is 10.4. The van der Waals surface area contributed by atoms with Crippen LogP contribution in [0.3, 0.4) is 0 Å². The topological polar surface area (TPSA) is 61.8 Å². The first kappa shape index (κ1) is 20.8. The van der Waals surface area contributed by atoms with Crippen LogP contribution in [-0.2, 0) is 4.79 Å². The molecule has 0 N–H and O–H groups in total. The molecule has 1 aromatic heterocycles. The molecule has 0 unspecified atom stereocenters. The van der Waals surface area contributed by atoms with Crippen LogP contribution < -0.4 is 14.5 Å². The highest BCUT2D eigenvalue weighted by Gasteiger charge is 2.22. The highest BCUT2D eigenvalue weighted by molar-refractivity contribution is 5.94. The summed E-state index contributed by atoms with van der Waals surface area (Å²) >= 11 is 0. The number of nitrogens with zero attached hydrogens (tertiary/aromatic N) is 5. The summed E-state index contributed by atoms with van der Waals surface area (Å²) in [7, 11) is 3.49. The fourth-order valence-corrected chi connectivity index (χ4v) is 3.75. The van der Waals surface area contributed by atoms with E-state index in [1.807, 2.05) is 67.7 Å². The molecule has 1 aliphatic heterocycles. The maximum absolute atomic E-state index is 12.7. The van der Waals surface area contributed by atoms with E-state index in [0.29, 0.717) is 6.54 Å². The number of piperazine rings is 1. The van der Waals surface area contributed by atoms with Crippen LogP contribution in [0.4, 0.5) is 11.5 Å². The summed E-state index contributed by atoms with van der Waals surface area (Å²) in [6.07, 6.45) is 1.60. The summed E-state index contributed by atoms with van der Waals surface area (Å²) < 4.78 is 5.47. The third-order valence-electron chi connectivity index (χ3n) is 5.61. The molecule has 0 atom stereocenters. The molecule has 1 aliphatic rings. The second kappa shape index (κ2) is 9.57. The third kappa shape index (κ3) is 4.83. The Morgan fingerprint density at radius 3 is 2.45 bits per heavy atom. The van der Waals surface area contributed by atoms with Crippen molar-refractivity contribution in [1.82, 2.24) is 14.9 Å². The lowest BCUT2D eigenvalue weighted by Crippen LogP contribution is -2.50. The molecule has 0 aliphatic carbocycles. The van der Waals surface area contributed by atoms with Gasteiger partial charge in [0.2, 0.25) is 5.91 Å². The normalized spacial score (nSPS) is 14.3. The number of amides is 1. The summed E-state index contributed by atoms with van der Waals surface area (Å²) in [4.78, 5) is 27.7. The van der Waals surface area contributed by atoms with Crippen molar-refractivity contribution in [2.75, 3.05) is 56.7 Å². The van der Waals surface area contributed by atoms with Gasteiger partial charge in [0.05, 0.1) is 19.3 Å². The van der Waals surface area contributed by atoms with Gasteiger partial charge in [0.1, 0.15) is 17.9 Å². The van der Waals surface area contributed by atoms with E-state index in [9.17, 15) is 4.79 Å². The van der Waals surface area contributed by atoms with Gasteiger partial charge >= 0.3 is 0 Å². The van der Waals surface area contributed by atoms with E-state index in [0.717, 1.165) is 54.7 Å². The first-order valence-electron chi connectivity index (χ1n) is 10.4. The van der Waals surface area contributed by atoms with E-state index in [1.165, 1.54) is 0 Å². The second-order valence-corrected chi connectivity index (χ2v) is 7.51. The molecule has 160 valence electrons. The van der Waals surface area contributed by atoms with Gasteiger partial charge in [-0.05, 0) is 24.3 Å². The number of likely N-dealkylation sites (N-methyl/N-ethyl adjacent to an activating group) is 1. The van der Waals surface area contributed by atoms with E-state index < -0.39 is 0 Å². The Morgan fingerprint density at radius 1 is 1.00 bits per heavy atom. The Morgan fingerprint density at radius 2 is 1.71 bits per heavy atom. The van der Waals surface area contributed by atoms with Gasteiger partial charge in [0.25, 0.3) is 0 Å². The van der Waals surface area contributed by atoms with Crippen LogP contribution in [-0.4, -0.2) is 67.7 Å². The fourth-order valence-electron chi connectivity index (χ4n) is 3.75. The van der Waals surface area contributed by atoms with E-state index in [1.54, 1.807) is 18.3 Å². The van der Waals surface area contributed by atoms with E-state index in [4.69, 9.17) is 4.74 Å². The number of hydrogen-bond acceptors (Lipinski definition) is 6. The van der Waals surface area contributed by atoms with Crippen molar-refractivity contribution in [3.8, 4) is 17.0 Å². The molecule has 1 amide bonds. The number of hydrogen-bond donors (Lipinski definition) is 0. The summed E-state index contributed by atoms with van der Waals surface area (Å²) in [5, 5.41) is 0. The van der Waals surface area contributed by atoms with Crippen LogP contribution in [0.15, 0.2) is 67.0 Å². The summed E-state index contributed by atoms with van der Waals surface area (Å²) in [6.45, 7) is 3.65. The number of anilines is 2. The Bertz CT molecular complexity index is 1020. The Kier molecular flexibility index (Phi) is 6.43. The van der Waals surface area contributed by atoms with Crippen molar-refractivity contribution in [2.24, 2.45) is 0 Å². The van der Waals surface area contributed by atoms with Crippen LogP contribution in [0.5, 0.6) is 5.75 Å². The van der Waals surface area contributed by atoms with Crippen molar-refractivity contribution in [3.63, 3.8) is 0 Å². The van der Waals surface area contributed by atoms with Gasteiger partial charge in [-0.1, -0.05) is 30.3 Å². The van der Waals surface area contributed by atoms with Gasteiger partial charge in [-0.15, -0.1) is 0 Å². The van der Waals surface area contributed by atoms with Gasteiger partial charge in [-0.25, -0.2) is 9.97 Å². The summed E-state index contributed by atoms with van der Waals surface area (Å²) in [5.41, 5.74) is 2.70. The summed E-state index contributed by atoms with van der Waals surface area (Å²) in [5.74, 6) is 1.78. The first-order chi connectivity index (χ1) is 15.2. The smallest absolute Gasteiger partial charge is 0.240 e. The number of carbonyl (C=O) groups is 1. The SMILES string of the molecule is COc1ccccc1-c1cc(N2CCN(CC(=O)N(C)c3ccccc3)CC2)ncn1. The molecular formula is C24H27N5O2. The van der Waals surface area contributed by atoms with Crippen LogP contribution in [0.1, 0.15) is 0 Å². The van der Waals surface area contributed by atoms with Crippen LogP contribution >= 0.6 is 0 Å². The zero-order valence-corrected chi connectivity index (χ0v) is 17.9. The Labute approximate surface area is 182 Å². The molecule has 0 radical (unpaired) electrons. The monoisotopic (exact) mass is 417 g/mol. The lowest BCUT2D eigenvalue weighted by Gasteiger charge is -2.35. The number of para-hydroxylation sites is 2. The standard InChI is InChI=1S/C24H27N5O2/c1-27(19-8-4-3-5-9-19)24(30)17-28-12-14-29(15-13-28)23-16-21(25-18-26-23)20-10-6-7-11-22(20)31-2/h3-11,16,18H,12-15,17H2,1-2H3. The minimum absolute atomic E-state index is 0.0974. The van der Waals surface area contributed by atoms with E-state index in [-0.39, 0.29) is 5.91 Å². The predicted molar refractivity (Wildman–Crippen MR) is 123 cm³/mol. The minimum Gasteiger partial charge on any atom is -0.496 e. The molecule has 0 spiro atoms. The van der Waals surface area contributed by atoms with E-state index >= 15 is 0 Å². The third-order valence-corrected chi connectivity index (χ3v) is 5.61. The summed E-state index contributed by atoms with van der Waals surface area (Å²) in [6, 6.07) is 19.6. The maximum Gasteiger partial charge on any atom is 0.240 e. The van der Waals surface area contributed by atoms with Crippen molar-refractivity contribution in [1.29, 1.82) is 0 Å². The van der Waals surface area contributed by atoms with Crippen molar-refractivity contribution in [2.45, 2.75) is 0 Å². The molecule has 7 nitrogen and oxygen atoms in total. The molecule has 2 aromatic carbocycles. The van der Waals surface area contributed by atoms with Crippen molar-refractivity contribution < 1.29 is 9.53 Å². The van der Waals surface area contributed by atoms with Crippen LogP contribution in [0, 0.1) is 0 Å². The molecular weight excluding hydrogens is 390 g/mol.